The van der Waals surface area contributed by atoms with Crippen LogP contribution in [-0.4, -0.2) is 206 Å². The molecule has 1 aliphatic heterocycles. The fourth-order valence-corrected chi connectivity index (χ4v) is 10.3. The van der Waals surface area contributed by atoms with Gasteiger partial charge in [0.05, 0.1) is 6.10 Å². The van der Waals surface area contributed by atoms with Crippen LogP contribution in [0.1, 0.15) is 131 Å². The third kappa shape index (κ3) is 30.3. The van der Waals surface area contributed by atoms with Gasteiger partial charge < -0.3 is 103 Å². The molecule has 0 unspecified atom stereocenters. The van der Waals surface area contributed by atoms with Crippen molar-refractivity contribution in [1.29, 1.82) is 0 Å². The van der Waals surface area contributed by atoms with E-state index in [0.717, 1.165) is 19.3 Å². The Morgan fingerprint density at radius 3 is 1.66 bits per heavy atom. The van der Waals surface area contributed by atoms with Crippen LogP contribution in [0.4, 0.5) is 0 Å². The number of unbranched alkanes of at least 4 members (excludes halogenated alkanes) is 1. The van der Waals surface area contributed by atoms with E-state index in [-0.39, 0.29) is 96.4 Å². The van der Waals surface area contributed by atoms with E-state index in [1.165, 1.54) is 25.6 Å². The van der Waals surface area contributed by atoms with E-state index in [1.54, 1.807) is 44.2 Å². The number of ether oxygens (including phenoxy) is 1. The second-order valence-corrected chi connectivity index (χ2v) is 24.8. The predicted molar refractivity (Wildman–Crippen MR) is 351 cm³/mol. The first kappa shape index (κ1) is 82.0. The lowest BCUT2D eigenvalue weighted by atomic mass is 10.00. The number of rotatable bonds is 34. The number of carbonyl (C=O) groups is 12. The smallest absolute Gasteiger partial charge is 0.323 e. The minimum atomic E-state index is -1.77. The lowest BCUT2D eigenvalue weighted by Crippen LogP contribution is -2.62. The largest absolute Gasteiger partial charge is 0.459 e. The summed E-state index contributed by atoms with van der Waals surface area (Å²) in [5.41, 5.74) is 36.3. The molecule has 0 saturated carbocycles. The monoisotopic (exact) mass is 1330 g/mol. The van der Waals surface area contributed by atoms with Gasteiger partial charge in [0, 0.05) is 19.4 Å². The SMILES string of the molecule is CC[C@H](C)CCCCC(=O)N[C@@H](CCN)C(=O)N[C@H](C(=O)N[C@@H](CCN)C(=O)N[C@H]1CCNC(=O)[C@H]([C@@H](C)O)NC(=O)[C@H](CCN)NC(=O)[C@H](CCN)NC(=O)[C@H](CC(C)C)NC(=O)[C@@H](Cc2ccccc2)NC(=O)[C@H](CCN)NC1=O)[C@@H](C)OC(=O)[C@@H](N)CCSC. The van der Waals surface area contributed by atoms with Crippen LogP contribution in [0.5, 0.6) is 0 Å². The molecule has 2 rings (SSSR count). The third-order valence-electron chi connectivity index (χ3n) is 15.5. The summed E-state index contributed by atoms with van der Waals surface area (Å²) in [4.78, 5) is 170. The molecule has 1 aromatic rings. The van der Waals surface area contributed by atoms with Gasteiger partial charge in [0.25, 0.3) is 0 Å². The molecule has 14 atom stereocenters. The van der Waals surface area contributed by atoms with E-state index in [0.29, 0.717) is 23.7 Å². The number of aliphatic hydroxyl groups is 1. The molecule has 1 aromatic carbocycles. The van der Waals surface area contributed by atoms with Crippen molar-refractivity contribution in [2.45, 2.75) is 210 Å². The molecule has 0 aliphatic carbocycles. The van der Waals surface area contributed by atoms with Crippen molar-refractivity contribution in [3.63, 3.8) is 0 Å². The molecule has 1 fully saturated rings. The van der Waals surface area contributed by atoms with Crippen molar-refractivity contribution in [2.75, 3.05) is 51.3 Å². The van der Waals surface area contributed by atoms with Crippen molar-refractivity contribution in [3.05, 3.63) is 35.9 Å². The maximum Gasteiger partial charge on any atom is 0.323 e. The van der Waals surface area contributed by atoms with Gasteiger partial charge in [-0.15, -0.1) is 0 Å². The molecule has 93 heavy (non-hydrogen) atoms. The van der Waals surface area contributed by atoms with Crippen LogP contribution in [0.2, 0.25) is 0 Å². The maximum atomic E-state index is 14.7. The van der Waals surface area contributed by atoms with Gasteiger partial charge in [-0.25, -0.2) is 0 Å². The molecule has 32 heteroatoms. The number of amides is 11. The summed E-state index contributed by atoms with van der Waals surface area (Å²) in [5, 5.41) is 39.3. The van der Waals surface area contributed by atoms with Crippen LogP contribution in [0.25, 0.3) is 0 Å². The molecule has 1 saturated heterocycles. The maximum absolute atomic E-state index is 14.7. The van der Waals surface area contributed by atoms with Gasteiger partial charge in [0.15, 0.2) is 0 Å². The molecule has 0 spiro atoms. The first-order chi connectivity index (χ1) is 44.2. The van der Waals surface area contributed by atoms with Crippen LogP contribution in [0.3, 0.4) is 0 Å². The number of hydrogen-bond acceptors (Lipinski definition) is 21. The molecule has 526 valence electrons. The number of thioether (sulfide) groups is 1. The summed E-state index contributed by atoms with van der Waals surface area (Å²) in [5.74, 6) is -10.2. The summed E-state index contributed by atoms with van der Waals surface area (Å²) < 4.78 is 5.64. The van der Waals surface area contributed by atoms with E-state index in [9.17, 15) is 62.6 Å². The molecule has 11 amide bonds. The highest BCUT2D eigenvalue weighted by atomic mass is 32.2. The number of hydrogen-bond donors (Lipinski definition) is 18. The van der Waals surface area contributed by atoms with Gasteiger partial charge in [-0.2, -0.15) is 11.8 Å². The standard InChI is InChI=1S/C61H107N17O14S/c1-8-35(4)14-12-13-17-48(80)69-40(18-25-62)55(85)78-50(37(6)92-61(91)39(67)24-31-93-7)60(90)74-43(21-28-65)52(82)73-45-23-30-68-59(89)49(36(5)79)77-56(86)44(22-29-66)71-51(81)41(19-26-63)72-57(87)46(32-34(2)3)75-58(88)47(33-38-15-10-9-11-16-38)76-53(83)42(20-27-64)70-54(45)84/h9-11,15-16,34-37,39-47,49-50,79H,8,12-14,17-33,62-67H2,1-7H3,(H,68,89)(H,69,80)(H,70,84)(H,71,81)(H,72,87)(H,73,82)(H,74,90)(H,75,88)(H,76,83)(H,77,86)(H,78,85)/t35-,36+,37+,39-,40-,41-,42-,43-,44-,45-,46-,47+,49-,50-/m0/s1. The first-order valence-corrected chi connectivity index (χ1v) is 33.6. The lowest BCUT2D eigenvalue weighted by molar-refractivity contribution is -0.154. The molecule has 0 bridgehead atoms. The van der Waals surface area contributed by atoms with Crippen LogP contribution >= 0.6 is 11.8 Å². The molecule has 24 N–H and O–H groups in total. The van der Waals surface area contributed by atoms with Gasteiger partial charge in [-0.1, -0.05) is 77.3 Å². The number of aliphatic hydroxyl groups excluding tert-OH is 1. The van der Waals surface area contributed by atoms with E-state index < -0.39 is 163 Å². The molecular weight excluding hydrogens is 1230 g/mol. The van der Waals surface area contributed by atoms with Crippen LogP contribution < -0.4 is 92.9 Å². The summed E-state index contributed by atoms with van der Waals surface area (Å²) >= 11 is 1.42. The van der Waals surface area contributed by atoms with E-state index in [2.05, 4.69) is 72.3 Å². The van der Waals surface area contributed by atoms with E-state index in [4.69, 9.17) is 39.1 Å². The average molecular weight is 1330 g/mol. The summed E-state index contributed by atoms with van der Waals surface area (Å²) in [7, 11) is 0. The Bertz CT molecular complexity index is 2560. The normalized spacial score (nSPS) is 22.2. The molecule has 0 aromatic heterocycles. The summed E-state index contributed by atoms with van der Waals surface area (Å²) in [6, 6.07) is -7.76. The summed E-state index contributed by atoms with van der Waals surface area (Å²) in [6.07, 6.45) is 0.688. The Morgan fingerprint density at radius 1 is 0.613 bits per heavy atom. The number of nitrogens with one attached hydrogen (secondary N) is 11. The average Bonchev–Trinajstić information content (AvgIpc) is 1.18. The van der Waals surface area contributed by atoms with Gasteiger partial charge in [0.2, 0.25) is 65.0 Å². The fraction of sp³-hybridized carbons (Fsp3) is 0.705. The second-order valence-electron chi connectivity index (χ2n) is 23.8. The minimum absolute atomic E-state index is 0.0331. The molecule has 1 aliphatic rings. The molecule has 0 radical (unpaired) electrons. The quantitative estimate of drug-likeness (QED) is 0.0228. The zero-order valence-electron chi connectivity index (χ0n) is 55.0. The van der Waals surface area contributed by atoms with Crippen LogP contribution in [-0.2, 0) is 68.7 Å². The van der Waals surface area contributed by atoms with Crippen molar-refractivity contribution >= 4 is 82.7 Å². The van der Waals surface area contributed by atoms with Gasteiger partial charge >= 0.3 is 5.97 Å². The predicted octanol–water partition coefficient (Wildman–Crippen LogP) is -4.61. The van der Waals surface area contributed by atoms with Crippen LogP contribution in [0, 0.1) is 11.8 Å². The number of benzene rings is 1. The Labute approximate surface area is 550 Å². The zero-order chi connectivity index (χ0) is 69.7. The number of carbonyl (C=O) groups excluding carboxylic acids is 12. The van der Waals surface area contributed by atoms with Crippen molar-refractivity contribution in [2.24, 2.45) is 46.2 Å². The highest BCUT2D eigenvalue weighted by Gasteiger charge is 2.39. The first-order valence-electron chi connectivity index (χ1n) is 32.2. The highest BCUT2D eigenvalue weighted by molar-refractivity contribution is 7.98. The topological polar surface area (TPSA) is 523 Å². The third-order valence-corrected chi connectivity index (χ3v) is 16.1. The molecule has 1 heterocycles. The van der Waals surface area contributed by atoms with E-state index >= 15 is 0 Å². The van der Waals surface area contributed by atoms with Crippen LogP contribution in [0.15, 0.2) is 30.3 Å². The lowest BCUT2D eigenvalue weighted by Gasteiger charge is -2.30. The minimum Gasteiger partial charge on any atom is -0.459 e. The summed E-state index contributed by atoms with van der Waals surface area (Å²) in [6.45, 7) is 8.93. The van der Waals surface area contributed by atoms with Gasteiger partial charge in [0.1, 0.15) is 72.6 Å². The molecular formula is C61H107N17O14S. The Morgan fingerprint density at radius 2 is 1.13 bits per heavy atom. The Balaban J connectivity index is 2.79. The zero-order valence-corrected chi connectivity index (χ0v) is 55.8. The number of esters is 1. The highest BCUT2D eigenvalue weighted by Crippen LogP contribution is 2.15. The molecule has 31 nitrogen and oxygen atoms in total. The fourth-order valence-electron chi connectivity index (χ4n) is 9.81. The van der Waals surface area contributed by atoms with Gasteiger partial charge in [-0.05, 0) is 134 Å². The van der Waals surface area contributed by atoms with Crippen molar-refractivity contribution in [3.8, 4) is 0 Å². The van der Waals surface area contributed by atoms with Crippen molar-refractivity contribution in [1.82, 2.24) is 58.5 Å². The number of nitrogens with two attached hydrogens (primary N) is 6. The van der Waals surface area contributed by atoms with E-state index in [1.807, 2.05) is 6.26 Å². The van der Waals surface area contributed by atoms with Gasteiger partial charge in [-0.3, -0.25) is 57.5 Å². The second kappa shape index (κ2) is 44.5. The Hall–Kier alpha value is -7.07. The Kier molecular flexibility index (Phi) is 39.3. The van der Waals surface area contributed by atoms with Crippen molar-refractivity contribution < 1.29 is 67.4 Å².